The number of para-hydroxylation sites is 1. The smallest absolute Gasteiger partial charge is 0.310 e. The summed E-state index contributed by atoms with van der Waals surface area (Å²) in [7, 11) is 1.83. The van der Waals surface area contributed by atoms with E-state index >= 15 is 4.39 Å². The first kappa shape index (κ1) is 27.6. The second kappa shape index (κ2) is 11.5. The van der Waals surface area contributed by atoms with Gasteiger partial charge in [-0.05, 0) is 67.3 Å². The summed E-state index contributed by atoms with van der Waals surface area (Å²) in [4.78, 5) is 23.9. The molecule has 0 saturated carbocycles. The van der Waals surface area contributed by atoms with Gasteiger partial charge in [0.15, 0.2) is 0 Å². The van der Waals surface area contributed by atoms with Gasteiger partial charge in [-0.25, -0.2) is 4.39 Å². The number of benzene rings is 3. The number of halogens is 1. The van der Waals surface area contributed by atoms with Crippen molar-refractivity contribution in [1.29, 1.82) is 0 Å². The largest absolute Gasteiger partial charge is 0.489 e. The Hall–Kier alpha value is -4.46. The molecule has 4 rings (SSSR count). The fourth-order valence-corrected chi connectivity index (χ4v) is 4.28. The van der Waals surface area contributed by atoms with Gasteiger partial charge in [-0.2, -0.15) is 5.10 Å². The van der Waals surface area contributed by atoms with E-state index in [1.54, 1.807) is 35.1 Å². The molecule has 39 heavy (non-hydrogen) atoms. The maximum Gasteiger partial charge on any atom is 0.310 e. The number of rotatable bonds is 9. The van der Waals surface area contributed by atoms with Crippen LogP contribution in [0.4, 0.5) is 4.39 Å². The van der Waals surface area contributed by atoms with Crippen LogP contribution in [0, 0.1) is 5.82 Å². The lowest BCUT2D eigenvalue weighted by Gasteiger charge is -2.20. The van der Waals surface area contributed by atoms with Crippen molar-refractivity contribution in [1.82, 2.24) is 9.78 Å². The molecule has 0 atom stereocenters. The molecule has 0 radical (unpaired) electrons. The van der Waals surface area contributed by atoms with E-state index in [0.29, 0.717) is 22.4 Å². The van der Waals surface area contributed by atoms with Gasteiger partial charge in [0.25, 0.3) is 0 Å². The quantitative estimate of drug-likeness (QED) is 0.294. The summed E-state index contributed by atoms with van der Waals surface area (Å²) in [6.07, 6.45) is 3.50. The van der Waals surface area contributed by atoms with Crippen LogP contribution in [0.1, 0.15) is 37.5 Å². The maximum atomic E-state index is 15.4. The zero-order valence-corrected chi connectivity index (χ0v) is 22.5. The first-order valence-corrected chi connectivity index (χ1v) is 12.6. The molecule has 3 aromatic carbocycles. The van der Waals surface area contributed by atoms with Crippen LogP contribution >= 0.6 is 0 Å². The van der Waals surface area contributed by atoms with Crippen LogP contribution in [-0.4, -0.2) is 27.3 Å². The van der Waals surface area contributed by atoms with E-state index in [1.165, 1.54) is 0 Å². The number of carbonyl (C=O) groups excluding carboxylic acids is 2. The summed E-state index contributed by atoms with van der Waals surface area (Å²) in [5.41, 5.74) is 9.14. The summed E-state index contributed by atoms with van der Waals surface area (Å²) in [5, 5.41) is 4.26. The Balaban J connectivity index is 1.67. The second-order valence-corrected chi connectivity index (χ2v) is 10.4. The average Bonchev–Trinajstić information content (AvgIpc) is 3.29. The molecule has 0 aliphatic heterocycles. The zero-order valence-electron chi connectivity index (χ0n) is 22.5. The fraction of sp³-hybridized carbons (Fsp3) is 0.258. The van der Waals surface area contributed by atoms with Gasteiger partial charge in [-0.1, -0.05) is 36.4 Å². The minimum Gasteiger partial charge on any atom is -0.489 e. The number of esters is 1. The van der Waals surface area contributed by atoms with Gasteiger partial charge in [-0.15, -0.1) is 0 Å². The van der Waals surface area contributed by atoms with Crippen LogP contribution < -0.4 is 10.5 Å². The lowest BCUT2D eigenvalue weighted by molar-refractivity contribution is -0.154. The highest BCUT2D eigenvalue weighted by molar-refractivity contribution is 5.79. The van der Waals surface area contributed by atoms with Gasteiger partial charge in [0.05, 0.1) is 19.0 Å². The van der Waals surface area contributed by atoms with Crippen molar-refractivity contribution in [3.05, 3.63) is 95.6 Å². The molecule has 1 heterocycles. The predicted octanol–water partition coefficient (Wildman–Crippen LogP) is 5.38. The van der Waals surface area contributed by atoms with Crippen molar-refractivity contribution in [3.63, 3.8) is 0 Å². The average molecular weight is 530 g/mol. The standard InChI is InChI=1S/C31H32FN3O4/c1-31(2,3)39-29(37)16-21-8-5-6-11-27(21)38-19-20-12-23(25-17-34-35(4)18-25)14-24(13-20)26-10-7-9-22(30(26)32)15-28(33)36/h5-14,17-18H,15-16,19H2,1-4H3,(H2,33,36). The summed E-state index contributed by atoms with van der Waals surface area (Å²) >= 11 is 0. The summed E-state index contributed by atoms with van der Waals surface area (Å²) in [6.45, 7) is 5.65. The second-order valence-electron chi connectivity index (χ2n) is 10.4. The van der Waals surface area contributed by atoms with Crippen LogP contribution in [0.3, 0.4) is 0 Å². The van der Waals surface area contributed by atoms with Crippen LogP contribution in [0.5, 0.6) is 5.75 Å². The van der Waals surface area contributed by atoms with Gasteiger partial charge >= 0.3 is 5.97 Å². The summed E-state index contributed by atoms with van der Waals surface area (Å²) in [5.74, 6) is -0.874. The van der Waals surface area contributed by atoms with Crippen LogP contribution in [0.25, 0.3) is 22.3 Å². The van der Waals surface area contributed by atoms with Crippen LogP contribution in [0.2, 0.25) is 0 Å². The van der Waals surface area contributed by atoms with E-state index in [9.17, 15) is 9.59 Å². The van der Waals surface area contributed by atoms with Gasteiger partial charge < -0.3 is 15.2 Å². The van der Waals surface area contributed by atoms with Crippen molar-refractivity contribution >= 4 is 11.9 Å². The highest BCUT2D eigenvalue weighted by atomic mass is 19.1. The Kier molecular flexibility index (Phi) is 8.14. The minimum absolute atomic E-state index is 0.0757. The molecule has 202 valence electrons. The summed E-state index contributed by atoms with van der Waals surface area (Å²) in [6, 6.07) is 17.9. The highest BCUT2D eigenvalue weighted by Gasteiger charge is 2.19. The van der Waals surface area contributed by atoms with Crippen molar-refractivity contribution < 1.29 is 23.5 Å². The van der Waals surface area contributed by atoms with Crippen molar-refractivity contribution in [2.24, 2.45) is 12.8 Å². The van der Waals surface area contributed by atoms with E-state index in [2.05, 4.69) is 5.10 Å². The molecule has 0 spiro atoms. The number of primary amides is 1. The Morgan fingerprint density at radius 2 is 1.67 bits per heavy atom. The number of hydrogen-bond acceptors (Lipinski definition) is 5. The number of ether oxygens (including phenoxy) is 2. The fourth-order valence-electron chi connectivity index (χ4n) is 4.28. The highest BCUT2D eigenvalue weighted by Crippen LogP contribution is 2.32. The van der Waals surface area contributed by atoms with Gasteiger partial charge in [0, 0.05) is 29.9 Å². The molecule has 0 saturated heterocycles. The Morgan fingerprint density at radius 1 is 0.949 bits per heavy atom. The number of aromatic nitrogens is 2. The molecule has 0 aliphatic carbocycles. The number of carbonyl (C=O) groups is 2. The number of amides is 1. The molecular weight excluding hydrogens is 497 g/mol. The van der Waals surface area contributed by atoms with Gasteiger partial charge in [-0.3, -0.25) is 14.3 Å². The first-order valence-electron chi connectivity index (χ1n) is 12.6. The lowest BCUT2D eigenvalue weighted by Crippen LogP contribution is -2.25. The molecular formula is C31H32FN3O4. The first-order chi connectivity index (χ1) is 18.5. The van der Waals surface area contributed by atoms with Crippen molar-refractivity contribution in [2.75, 3.05) is 0 Å². The topological polar surface area (TPSA) is 96.4 Å². The van der Waals surface area contributed by atoms with Crippen LogP contribution in [0.15, 0.2) is 73.1 Å². The van der Waals surface area contributed by atoms with Crippen molar-refractivity contribution in [3.8, 4) is 28.0 Å². The molecule has 7 nitrogen and oxygen atoms in total. The SMILES string of the molecule is Cn1cc(-c2cc(COc3ccccc3CC(=O)OC(C)(C)C)cc(-c3cccc(CC(N)=O)c3F)c2)cn1. The lowest BCUT2D eigenvalue weighted by atomic mass is 9.95. The number of nitrogens with zero attached hydrogens (tertiary/aromatic N) is 2. The van der Waals surface area contributed by atoms with E-state index in [0.717, 1.165) is 16.7 Å². The monoisotopic (exact) mass is 529 g/mol. The molecule has 0 fully saturated rings. The van der Waals surface area contributed by atoms with Gasteiger partial charge in [0.2, 0.25) is 5.91 Å². The number of nitrogens with two attached hydrogens (primary N) is 1. The molecule has 8 heteroatoms. The molecule has 1 amide bonds. The molecule has 0 bridgehead atoms. The van der Waals surface area contributed by atoms with E-state index in [4.69, 9.17) is 15.2 Å². The maximum absolute atomic E-state index is 15.4. The Bertz CT molecular complexity index is 1500. The van der Waals surface area contributed by atoms with Gasteiger partial charge in [0.1, 0.15) is 23.8 Å². The van der Waals surface area contributed by atoms with E-state index < -0.39 is 17.3 Å². The molecule has 0 unspecified atom stereocenters. The summed E-state index contributed by atoms with van der Waals surface area (Å²) < 4.78 is 28.8. The third-order valence-corrected chi connectivity index (χ3v) is 5.91. The van der Waals surface area contributed by atoms with E-state index in [1.807, 2.05) is 70.4 Å². The van der Waals surface area contributed by atoms with Crippen LogP contribution in [-0.2, 0) is 40.8 Å². The number of hydrogen-bond donors (Lipinski definition) is 1. The molecule has 0 aliphatic rings. The Morgan fingerprint density at radius 3 is 2.36 bits per heavy atom. The van der Waals surface area contributed by atoms with Crippen molar-refractivity contribution in [2.45, 2.75) is 45.8 Å². The zero-order chi connectivity index (χ0) is 28.2. The molecule has 1 aromatic heterocycles. The third-order valence-electron chi connectivity index (χ3n) is 5.91. The minimum atomic E-state index is -0.603. The molecule has 2 N–H and O–H groups in total. The number of aryl methyl sites for hydroxylation is 1. The normalized spacial score (nSPS) is 11.3. The van der Waals surface area contributed by atoms with E-state index in [-0.39, 0.29) is 31.0 Å². The predicted molar refractivity (Wildman–Crippen MR) is 147 cm³/mol. The Labute approximate surface area is 227 Å². The molecule has 4 aromatic rings. The third kappa shape index (κ3) is 7.31.